The Morgan fingerprint density at radius 1 is 1.18 bits per heavy atom. The Morgan fingerprint density at radius 2 is 2.09 bits per heavy atom. The standard InChI is InChI=1S/C17H11BrN2OS/c18-13-5-3-4-12(10-13)16(21)8-7-14-11-22-17(20-14)15-6-1-2-9-19-15/h1-11H/b8-7+. The van der Waals surface area contributed by atoms with E-state index in [4.69, 9.17) is 0 Å². The number of halogens is 1. The second-order valence-corrected chi connectivity index (χ2v) is 6.27. The highest BCUT2D eigenvalue weighted by Crippen LogP contribution is 2.22. The van der Waals surface area contributed by atoms with E-state index in [9.17, 15) is 4.79 Å². The van der Waals surface area contributed by atoms with Crippen molar-refractivity contribution in [3.63, 3.8) is 0 Å². The van der Waals surface area contributed by atoms with Gasteiger partial charge in [0, 0.05) is 21.6 Å². The third-order valence-electron chi connectivity index (χ3n) is 2.92. The summed E-state index contributed by atoms with van der Waals surface area (Å²) in [5.74, 6) is -0.0475. The van der Waals surface area contributed by atoms with Crippen LogP contribution in [0.3, 0.4) is 0 Å². The largest absolute Gasteiger partial charge is 0.289 e. The van der Waals surface area contributed by atoms with Gasteiger partial charge < -0.3 is 0 Å². The van der Waals surface area contributed by atoms with E-state index >= 15 is 0 Å². The molecule has 0 aliphatic carbocycles. The lowest BCUT2D eigenvalue weighted by molar-refractivity contribution is 0.104. The molecule has 5 heteroatoms. The smallest absolute Gasteiger partial charge is 0.185 e. The maximum atomic E-state index is 12.1. The second kappa shape index (κ2) is 6.77. The summed E-state index contributed by atoms with van der Waals surface area (Å²) in [5, 5.41) is 2.75. The van der Waals surface area contributed by atoms with Gasteiger partial charge >= 0.3 is 0 Å². The van der Waals surface area contributed by atoms with Crippen LogP contribution in [0.1, 0.15) is 16.1 Å². The van der Waals surface area contributed by atoms with E-state index in [1.54, 1.807) is 30.5 Å². The molecule has 2 heterocycles. The van der Waals surface area contributed by atoms with Crippen molar-refractivity contribution in [2.75, 3.05) is 0 Å². The second-order valence-electron chi connectivity index (χ2n) is 4.50. The van der Waals surface area contributed by atoms with Gasteiger partial charge in [-0.25, -0.2) is 4.98 Å². The molecular weight excluding hydrogens is 360 g/mol. The van der Waals surface area contributed by atoms with Gasteiger partial charge in [0.15, 0.2) is 5.78 Å². The molecule has 2 aromatic heterocycles. The van der Waals surface area contributed by atoms with Gasteiger partial charge in [-0.1, -0.05) is 34.1 Å². The van der Waals surface area contributed by atoms with Crippen molar-refractivity contribution in [3.05, 3.63) is 75.8 Å². The van der Waals surface area contributed by atoms with Crippen LogP contribution >= 0.6 is 27.3 Å². The number of pyridine rings is 1. The first-order valence-corrected chi connectivity index (χ1v) is 8.24. The minimum absolute atomic E-state index is 0.0475. The zero-order chi connectivity index (χ0) is 15.4. The number of thiazole rings is 1. The number of carbonyl (C=O) groups excluding carboxylic acids is 1. The van der Waals surface area contributed by atoms with Crippen LogP contribution in [0.4, 0.5) is 0 Å². The zero-order valence-electron chi connectivity index (χ0n) is 11.4. The Kier molecular flexibility index (Phi) is 4.56. The van der Waals surface area contributed by atoms with E-state index in [1.165, 1.54) is 11.3 Å². The molecular formula is C17H11BrN2OS. The molecule has 0 saturated carbocycles. The van der Waals surface area contributed by atoms with Gasteiger partial charge in [-0.3, -0.25) is 9.78 Å². The van der Waals surface area contributed by atoms with Crippen molar-refractivity contribution in [2.24, 2.45) is 0 Å². The highest BCUT2D eigenvalue weighted by atomic mass is 79.9. The summed E-state index contributed by atoms with van der Waals surface area (Å²) in [7, 11) is 0. The maximum absolute atomic E-state index is 12.1. The topological polar surface area (TPSA) is 42.9 Å². The summed E-state index contributed by atoms with van der Waals surface area (Å²) in [6.45, 7) is 0. The molecule has 0 aliphatic heterocycles. The summed E-state index contributed by atoms with van der Waals surface area (Å²) in [6.07, 6.45) is 5.01. The van der Waals surface area contributed by atoms with E-state index in [0.29, 0.717) is 5.56 Å². The predicted molar refractivity (Wildman–Crippen MR) is 92.9 cm³/mol. The average Bonchev–Trinajstić information content (AvgIpc) is 3.02. The quantitative estimate of drug-likeness (QED) is 0.486. The number of ketones is 1. The fraction of sp³-hybridized carbons (Fsp3) is 0. The molecule has 22 heavy (non-hydrogen) atoms. The van der Waals surface area contributed by atoms with Gasteiger partial charge in [0.2, 0.25) is 0 Å². The summed E-state index contributed by atoms with van der Waals surface area (Å²) in [6, 6.07) is 13.0. The number of nitrogens with zero attached hydrogens (tertiary/aromatic N) is 2. The maximum Gasteiger partial charge on any atom is 0.185 e. The van der Waals surface area contributed by atoms with E-state index in [0.717, 1.165) is 20.9 Å². The molecule has 3 aromatic rings. The molecule has 0 N–H and O–H groups in total. The molecule has 1 aromatic carbocycles. The monoisotopic (exact) mass is 370 g/mol. The number of benzene rings is 1. The van der Waals surface area contributed by atoms with Crippen LogP contribution in [-0.2, 0) is 0 Å². The van der Waals surface area contributed by atoms with Crippen molar-refractivity contribution < 1.29 is 4.79 Å². The van der Waals surface area contributed by atoms with Gasteiger partial charge in [-0.05, 0) is 36.4 Å². The third-order valence-corrected chi connectivity index (χ3v) is 4.30. The van der Waals surface area contributed by atoms with Gasteiger partial charge in [-0.15, -0.1) is 11.3 Å². The van der Waals surface area contributed by atoms with Crippen LogP contribution in [0, 0.1) is 0 Å². The summed E-state index contributed by atoms with van der Waals surface area (Å²) in [5.41, 5.74) is 2.24. The van der Waals surface area contributed by atoms with E-state index in [-0.39, 0.29) is 5.78 Å². The number of aromatic nitrogens is 2. The van der Waals surface area contributed by atoms with Crippen LogP contribution < -0.4 is 0 Å². The van der Waals surface area contributed by atoms with Gasteiger partial charge in [0.25, 0.3) is 0 Å². The molecule has 0 saturated heterocycles. The lowest BCUT2D eigenvalue weighted by Gasteiger charge is -1.96. The van der Waals surface area contributed by atoms with Crippen molar-refractivity contribution in [2.45, 2.75) is 0 Å². The van der Waals surface area contributed by atoms with Crippen LogP contribution in [0.15, 0.2) is 64.6 Å². The van der Waals surface area contributed by atoms with E-state index in [1.807, 2.05) is 35.7 Å². The number of hydrogen-bond donors (Lipinski definition) is 0. The molecule has 108 valence electrons. The Bertz CT molecular complexity index is 827. The van der Waals surface area contributed by atoms with E-state index < -0.39 is 0 Å². The molecule has 0 unspecified atom stereocenters. The Labute approximate surface area is 140 Å². The molecule has 0 atom stereocenters. The predicted octanol–water partition coefficient (Wildman–Crippen LogP) is 4.86. The highest BCUT2D eigenvalue weighted by molar-refractivity contribution is 9.10. The SMILES string of the molecule is O=C(/C=C/c1csc(-c2ccccn2)n1)c1cccc(Br)c1. The fourth-order valence-electron chi connectivity index (χ4n) is 1.87. The Morgan fingerprint density at radius 3 is 2.86 bits per heavy atom. The van der Waals surface area contributed by atoms with Gasteiger partial charge in [-0.2, -0.15) is 0 Å². The Hall–Kier alpha value is -2.11. The minimum atomic E-state index is -0.0475. The van der Waals surface area contributed by atoms with Crippen LogP contribution in [0.25, 0.3) is 16.8 Å². The summed E-state index contributed by atoms with van der Waals surface area (Å²) < 4.78 is 0.887. The fourth-order valence-corrected chi connectivity index (χ4v) is 3.03. The van der Waals surface area contributed by atoms with E-state index in [2.05, 4.69) is 25.9 Å². The number of allylic oxidation sites excluding steroid dienone is 1. The van der Waals surface area contributed by atoms with Gasteiger partial charge in [0.1, 0.15) is 5.01 Å². The van der Waals surface area contributed by atoms with Crippen molar-refractivity contribution in [3.8, 4) is 10.7 Å². The zero-order valence-corrected chi connectivity index (χ0v) is 13.8. The molecule has 0 spiro atoms. The normalized spacial score (nSPS) is 11.0. The molecule has 0 amide bonds. The number of rotatable bonds is 4. The third kappa shape index (κ3) is 3.55. The number of carbonyl (C=O) groups is 1. The molecule has 0 fully saturated rings. The lowest BCUT2D eigenvalue weighted by atomic mass is 10.1. The van der Waals surface area contributed by atoms with Crippen molar-refractivity contribution in [1.29, 1.82) is 0 Å². The Balaban J connectivity index is 1.76. The number of hydrogen-bond acceptors (Lipinski definition) is 4. The molecule has 3 nitrogen and oxygen atoms in total. The minimum Gasteiger partial charge on any atom is -0.289 e. The average molecular weight is 371 g/mol. The summed E-state index contributed by atoms with van der Waals surface area (Å²) in [4.78, 5) is 20.8. The first-order valence-electron chi connectivity index (χ1n) is 6.57. The summed E-state index contributed by atoms with van der Waals surface area (Å²) >= 11 is 4.87. The van der Waals surface area contributed by atoms with Crippen molar-refractivity contribution >= 4 is 39.1 Å². The molecule has 0 radical (unpaired) electrons. The first-order chi connectivity index (χ1) is 10.7. The first kappa shape index (κ1) is 14.8. The van der Waals surface area contributed by atoms with Crippen LogP contribution in [-0.4, -0.2) is 15.8 Å². The molecule has 3 rings (SSSR count). The van der Waals surface area contributed by atoms with Crippen LogP contribution in [0.5, 0.6) is 0 Å². The van der Waals surface area contributed by atoms with Gasteiger partial charge in [0.05, 0.1) is 11.4 Å². The molecule has 0 aliphatic rings. The highest BCUT2D eigenvalue weighted by Gasteiger charge is 2.05. The van der Waals surface area contributed by atoms with Crippen molar-refractivity contribution in [1.82, 2.24) is 9.97 Å². The lowest BCUT2D eigenvalue weighted by Crippen LogP contribution is -1.93. The molecule has 0 bridgehead atoms. The van der Waals surface area contributed by atoms with Crippen LogP contribution in [0.2, 0.25) is 0 Å².